The fraction of sp³-hybridized carbons (Fsp3) is 0.667. The van der Waals surface area contributed by atoms with Crippen LogP contribution in [-0.2, 0) is 6.18 Å². The lowest BCUT2D eigenvalue weighted by atomic mass is 10.2. The van der Waals surface area contributed by atoms with E-state index in [-0.39, 0.29) is 5.95 Å². The highest BCUT2D eigenvalue weighted by Crippen LogP contribution is 2.31. The van der Waals surface area contributed by atoms with Crippen LogP contribution in [0.5, 0.6) is 0 Å². The Balaban J connectivity index is 2.87. The molecule has 0 atom stereocenters. The smallest absolute Gasteiger partial charge is 0.354 e. The van der Waals surface area contributed by atoms with Crippen LogP contribution in [0, 0.1) is 5.92 Å². The summed E-state index contributed by atoms with van der Waals surface area (Å²) in [6, 6.07) is 1.01. The standard InChI is InChI=1S/C12H18F3N3S/c1-4-16-11-17-9(12(13,14)15)7-10(18-11)19-6-5-8(2)3/h7-8H,4-6H2,1-3H3,(H,16,17,18). The van der Waals surface area contributed by atoms with E-state index in [0.717, 1.165) is 18.2 Å². The van der Waals surface area contributed by atoms with Crippen molar-refractivity contribution in [3.8, 4) is 0 Å². The highest BCUT2D eigenvalue weighted by atomic mass is 32.2. The molecule has 0 saturated carbocycles. The summed E-state index contributed by atoms with van der Waals surface area (Å²) in [7, 11) is 0. The molecule has 0 aliphatic carbocycles. The molecular formula is C12H18F3N3S. The number of hydrogen-bond acceptors (Lipinski definition) is 4. The van der Waals surface area contributed by atoms with E-state index in [1.807, 2.05) is 0 Å². The number of halogens is 3. The zero-order chi connectivity index (χ0) is 14.5. The monoisotopic (exact) mass is 293 g/mol. The van der Waals surface area contributed by atoms with Gasteiger partial charge in [-0.2, -0.15) is 13.2 Å². The third kappa shape index (κ3) is 5.67. The van der Waals surface area contributed by atoms with Crippen molar-refractivity contribution in [1.82, 2.24) is 9.97 Å². The molecule has 1 rings (SSSR count). The third-order valence-electron chi connectivity index (χ3n) is 2.27. The minimum Gasteiger partial charge on any atom is -0.354 e. The molecule has 0 unspecified atom stereocenters. The second-order valence-corrected chi connectivity index (χ2v) is 5.59. The summed E-state index contributed by atoms with van der Waals surface area (Å²) in [6.07, 6.45) is -3.51. The Bertz CT molecular complexity index is 408. The van der Waals surface area contributed by atoms with Crippen LogP contribution in [0.2, 0.25) is 0 Å². The van der Waals surface area contributed by atoms with E-state index in [9.17, 15) is 13.2 Å². The van der Waals surface area contributed by atoms with E-state index >= 15 is 0 Å². The van der Waals surface area contributed by atoms with E-state index in [1.54, 1.807) is 6.92 Å². The molecule has 0 bridgehead atoms. The molecule has 0 radical (unpaired) electrons. The SMILES string of the molecule is CCNc1nc(SCCC(C)C)cc(C(F)(F)F)n1. The zero-order valence-electron chi connectivity index (χ0n) is 11.2. The van der Waals surface area contributed by atoms with E-state index in [4.69, 9.17) is 0 Å². The first kappa shape index (κ1) is 16.1. The van der Waals surface area contributed by atoms with Gasteiger partial charge in [0, 0.05) is 12.6 Å². The van der Waals surface area contributed by atoms with Crippen molar-refractivity contribution in [1.29, 1.82) is 0 Å². The van der Waals surface area contributed by atoms with E-state index in [2.05, 4.69) is 29.1 Å². The molecule has 19 heavy (non-hydrogen) atoms. The number of nitrogens with one attached hydrogen (secondary N) is 1. The van der Waals surface area contributed by atoms with Crippen molar-refractivity contribution in [3.63, 3.8) is 0 Å². The molecule has 0 spiro atoms. The summed E-state index contributed by atoms with van der Waals surface area (Å²) in [4.78, 5) is 7.55. The predicted molar refractivity (Wildman–Crippen MR) is 71.4 cm³/mol. The number of anilines is 1. The van der Waals surface area contributed by atoms with Crippen molar-refractivity contribution < 1.29 is 13.2 Å². The van der Waals surface area contributed by atoms with Gasteiger partial charge in [0.05, 0.1) is 0 Å². The molecule has 0 aromatic carbocycles. The minimum absolute atomic E-state index is 0.0318. The van der Waals surface area contributed by atoms with Gasteiger partial charge in [-0.15, -0.1) is 11.8 Å². The Hall–Kier alpha value is -0.980. The number of nitrogens with zero attached hydrogens (tertiary/aromatic N) is 2. The number of rotatable bonds is 6. The molecule has 0 fully saturated rings. The van der Waals surface area contributed by atoms with Crippen molar-refractivity contribution >= 4 is 17.7 Å². The first-order valence-electron chi connectivity index (χ1n) is 6.16. The Morgan fingerprint density at radius 1 is 1.32 bits per heavy atom. The minimum atomic E-state index is -4.44. The van der Waals surface area contributed by atoms with Gasteiger partial charge in [0.15, 0.2) is 5.69 Å². The van der Waals surface area contributed by atoms with Gasteiger partial charge in [-0.05, 0) is 25.0 Å². The van der Waals surface area contributed by atoms with Crippen LogP contribution in [0.15, 0.2) is 11.1 Å². The second kappa shape index (κ2) is 6.98. The van der Waals surface area contributed by atoms with Gasteiger partial charge >= 0.3 is 6.18 Å². The average molecular weight is 293 g/mol. The molecule has 0 amide bonds. The predicted octanol–water partition coefficient (Wildman–Crippen LogP) is 4.07. The molecule has 7 heteroatoms. The maximum atomic E-state index is 12.7. The van der Waals surface area contributed by atoms with Crippen molar-refractivity contribution in [3.05, 3.63) is 11.8 Å². The lowest BCUT2D eigenvalue weighted by Crippen LogP contribution is -2.12. The molecule has 1 aromatic heterocycles. The molecule has 0 aliphatic heterocycles. The number of hydrogen-bond donors (Lipinski definition) is 1. The summed E-state index contributed by atoms with van der Waals surface area (Å²) in [5.74, 6) is 1.30. The van der Waals surface area contributed by atoms with Crippen LogP contribution in [-0.4, -0.2) is 22.3 Å². The largest absolute Gasteiger partial charge is 0.433 e. The fourth-order valence-electron chi connectivity index (χ4n) is 1.28. The van der Waals surface area contributed by atoms with Gasteiger partial charge in [0.25, 0.3) is 0 Å². The van der Waals surface area contributed by atoms with Crippen LogP contribution in [0.4, 0.5) is 19.1 Å². The van der Waals surface area contributed by atoms with Crippen molar-refractivity contribution in [2.24, 2.45) is 5.92 Å². The van der Waals surface area contributed by atoms with E-state index in [1.165, 1.54) is 11.8 Å². The topological polar surface area (TPSA) is 37.8 Å². The van der Waals surface area contributed by atoms with Crippen molar-refractivity contribution in [2.45, 2.75) is 38.4 Å². The third-order valence-corrected chi connectivity index (χ3v) is 3.22. The van der Waals surface area contributed by atoms with Gasteiger partial charge in [0.1, 0.15) is 5.03 Å². The van der Waals surface area contributed by atoms with Crippen LogP contribution in [0.1, 0.15) is 32.9 Å². The number of aromatic nitrogens is 2. The maximum Gasteiger partial charge on any atom is 0.433 e. The number of thioether (sulfide) groups is 1. The first-order valence-corrected chi connectivity index (χ1v) is 7.14. The van der Waals surface area contributed by atoms with Crippen molar-refractivity contribution in [2.75, 3.05) is 17.6 Å². The molecular weight excluding hydrogens is 275 g/mol. The normalized spacial score (nSPS) is 11.9. The lowest BCUT2D eigenvalue weighted by Gasteiger charge is -2.11. The van der Waals surface area contributed by atoms with Gasteiger partial charge < -0.3 is 5.32 Å². The molecule has 1 N–H and O–H groups in total. The summed E-state index contributed by atoms with van der Waals surface area (Å²) < 4.78 is 38.1. The molecule has 108 valence electrons. The average Bonchev–Trinajstić information content (AvgIpc) is 2.27. The molecule has 0 aliphatic rings. The highest BCUT2D eigenvalue weighted by molar-refractivity contribution is 7.99. The Morgan fingerprint density at radius 3 is 2.53 bits per heavy atom. The van der Waals surface area contributed by atoms with Crippen LogP contribution in [0.3, 0.4) is 0 Å². The van der Waals surface area contributed by atoms with Gasteiger partial charge in [-0.1, -0.05) is 13.8 Å². The molecule has 3 nitrogen and oxygen atoms in total. The Kier molecular flexibility index (Phi) is 5.90. The second-order valence-electron chi connectivity index (χ2n) is 4.47. The zero-order valence-corrected chi connectivity index (χ0v) is 12.0. The van der Waals surface area contributed by atoms with Crippen LogP contribution >= 0.6 is 11.8 Å². The molecule has 1 aromatic rings. The summed E-state index contributed by atoms with van der Waals surface area (Å²) in [6.45, 7) is 6.42. The van der Waals surface area contributed by atoms with Gasteiger partial charge in [-0.25, -0.2) is 9.97 Å². The molecule has 1 heterocycles. The van der Waals surface area contributed by atoms with Crippen LogP contribution in [0.25, 0.3) is 0 Å². The highest BCUT2D eigenvalue weighted by Gasteiger charge is 2.33. The lowest BCUT2D eigenvalue weighted by molar-refractivity contribution is -0.141. The van der Waals surface area contributed by atoms with Gasteiger partial charge in [-0.3, -0.25) is 0 Å². The summed E-state index contributed by atoms with van der Waals surface area (Å²) in [5.41, 5.74) is -0.898. The number of alkyl halides is 3. The summed E-state index contributed by atoms with van der Waals surface area (Å²) in [5, 5.41) is 3.08. The molecule has 0 saturated heterocycles. The fourth-order valence-corrected chi connectivity index (χ4v) is 2.42. The summed E-state index contributed by atoms with van der Waals surface area (Å²) >= 11 is 1.33. The quantitative estimate of drug-likeness (QED) is 0.634. The Labute approximate surface area is 115 Å². The Morgan fingerprint density at radius 2 is 2.00 bits per heavy atom. The van der Waals surface area contributed by atoms with E-state index in [0.29, 0.717) is 17.5 Å². The maximum absolute atomic E-state index is 12.7. The van der Waals surface area contributed by atoms with Gasteiger partial charge in [0.2, 0.25) is 5.95 Å². The van der Waals surface area contributed by atoms with E-state index < -0.39 is 11.9 Å². The first-order chi connectivity index (χ1) is 8.82. The van der Waals surface area contributed by atoms with Crippen LogP contribution < -0.4 is 5.32 Å².